The van der Waals surface area contributed by atoms with Crippen LogP contribution in [0.2, 0.25) is 0 Å². The Labute approximate surface area is 362 Å². The van der Waals surface area contributed by atoms with Gasteiger partial charge >= 0.3 is 0 Å². The molecule has 0 radical (unpaired) electrons. The van der Waals surface area contributed by atoms with Gasteiger partial charge in [-0.1, -0.05) is 163 Å². The summed E-state index contributed by atoms with van der Waals surface area (Å²) in [5.41, 5.74) is 9.91. The van der Waals surface area contributed by atoms with Crippen LogP contribution < -0.4 is 10.6 Å². The normalized spacial score (nSPS) is 20.4. The molecule has 57 heavy (non-hydrogen) atoms. The Morgan fingerprint density at radius 1 is 0.509 bits per heavy atom. The minimum Gasteiger partial charge on any atom is -0.747 e. The summed E-state index contributed by atoms with van der Waals surface area (Å²) in [6.45, 7) is 0. The van der Waals surface area contributed by atoms with E-state index < -0.39 is 0 Å². The number of hydrogen-bond acceptors (Lipinski definition) is 2. The third kappa shape index (κ3) is 11.4. The third-order valence-corrected chi connectivity index (χ3v) is 21.1. The first-order valence-corrected chi connectivity index (χ1v) is 26.0. The van der Waals surface area contributed by atoms with Gasteiger partial charge in [0.15, 0.2) is 0 Å². The van der Waals surface area contributed by atoms with E-state index in [2.05, 4.69) is 135 Å². The van der Waals surface area contributed by atoms with Crippen molar-refractivity contribution in [2.24, 2.45) is 0 Å². The van der Waals surface area contributed by atoms with Crippen LogP contribution in [0.3, 0.4) is 0 Å². The first-order chi connectivity index (χ1) is 27.5. The van der Waals surface area contributed by atoms with Crippen LogP contribution in [0.1, 0.15) is 163 Å². The van der Waals surface area contributed by atoms with Crippen molar-refractivity contribution in [3.63, 3.8) is 0 Å². The largest absolute Gasteiger partial charge is 0.747 e. The molecule has 0 N–H and O–H groups in total. The summed E-state index contributed by atoms with van der Waals surface area (Å²) in [4.78, 5) is 4.84. The molecule has 4 aliphatic carbocycles. The molecule has 4 saturated carbocycles. The van der Waals surface area contributed by atoms with Gasteiger partial charge in [0.2, 0.25) is 0 Å². The van der Waals surface area contributed by atoms with Crippen molar-refractivity contribution in [3.8, 4) is 0 Å². The molecule has 8 rings (SSSR count). The van der Waals surface area contributed by atoms with Gasteiger partial charge in [-0.3, -0.25) is 7.92 Å². The first-order valence-electron chi connectivity index (χ1n) is 23.0. The van der Waals surface area contributed by atoms with Crippen molar-refractivity contribution in [3.05, 3.63) is 119 Å². The maximum atomic E-state index is 2.52. The van der Waals surface area contributed by atoms with E-state index in [-0.39, 0.29) is 32.9 Å². The summed E-state index contributed by atoms with van der Waals surface area (Å²) in [6, 6.07) is 37.7. The van der Waals surface area contributed by atoms with E-state index in [0.29, 0.717) is 12.1 Å². The van der Waals surface area contributed by atoms with Crippen molar-refractivity contribution in [2.75, 3.05) is 28.2 Å². The van der Waals surface area contributed by atoms with Gasteiger partial charge in [-0.15, -0.1) is 16.9 Å². The van der Waals surface area contributed by atoms with Gasteiger partial charge in [0.1, 0.15) is 0 Å². The molecule has 4 fully saturated rings. The van der Waals surface area contributed by atoms with Crippen molar-refractivity contribution in [1.29, 1.82) is 0 Å². The second kappa shape index (κ2) is 22.9. The SMILES string of the molecule is CN(C)[C@H](c1ccccc1)[c-]1[cH-][cH-][cH-][c-]1P(C1CCCCC1)C1CCCCC1.CN(C)[C@H](c1ccccc1)[c-]1cccc1P(C1CCCCC1)C1CCCCC1.[Fe]. The van der Waals surface area contributed by atoms with E-state index in [1.807, 2.05) is 0 Å². The summed E-state index contributed by atoms with van der Waals surface area (Å²) in [5.74, 6) is 0. The molecule has 0 bridgehead atoms. The van der Waals surface area contributed by atoms with Crippen LogP contribution in [0.15, 0.2) is 97.1 Å². The minimum atomic E-state index is -0.0501. The number of benzene rings is 2. The van der Waals surface area contributed by atoms with Crippen LogP contribution in [-0.2, 0) is 17.1 Å². The summed E-state index contributed by atoms with van der Waals surface area (Å²) in [6.07, 6.45) is 29.3. The van der Waals surface area contributed by atoms with Crippen molar-refractivity contribution in [1.82, 2.24) is 9.80 Å². The van der Waals surface area contributed by atoms with E-state index in [1.165, 1.54) is 140 Å². The second-order valence-electron chi connectivity index (χ2n) is 18.3. The zero-order valence-corrected chi connectivity index (χ0v) is 38.9. The van der Waals surface area contributed by atoms with Gasteiger partial charge < -0.3 is 38.9 Å². The summed E-state index contributed by atoms with van der Waals surface area (Å²) >= 11 is 0. The number of nitrogens with zero attached hydrogens (tertiary/aromatic N) is 2. The second-order valence-corrected chi connectivity index (χ2v) is 23.8. The van der Waals surface area contributed by atoms with Gasteiger partial charge in [-0.05, 0) is 96.4 Å². The van der Waals surface area contributed by atoms with Crippen LogP contribution in [0.4, 0.5) is 0 Å². The zero-order valence-electron chi connectivity index (χ0n) is 36.0. The molecule has 0 heterocycles. The van der Waals surface area contributed by atoms with Gasteiger partial charge in [-0.2, -0.15) is 6.07 Å². The maximum absolute atomic E-state index is 2.52. The molecule has 0 aliphatic heterocycles. The van der Waals surface area contributed by atoms with Gasteiger partial charge in [0.05, 0.1) is 0 Å². The van der Waals surface area contributed by atoms with Crippen LogP contribution in [0, 0.1) is 0 Å². The molecule has 4 aliphatic rings. The van der Waals surface area contributed by atoms with E-state index in [1.54, 1.807) is 21.7 Å². The number of hydrogen-bond donors (Lipinski definition) is 0. The minimum absolute atomic E-state index is 0. The predicted octanol–water partition coefficient (Wildman–Crippen LogP) is 13.7. The van der Waals surface area contributed by atoms with E-state index in [0.717, 1.165) is 22.6 Å². The average Bonchev–Trinajstić information content (AvgIpc) is 3.91. The van der Waals surface area contributed by atoms with Crippen molar-refractivity contribution < 1.29 is 17.1 Å². The van der Waals surface area contributed by atoms with Crippen LogP contribution in [0.25, 0.3) is 0 Å². The van der Waals surface area contributed by atoms with Crippen LogP contribution >= 0.6 is 15.8 Å². The zero-order chi connectivity index (χ0) is 38.7. The summed E-state index contributed by atoms with van der Waals surface area (Å²) < 4.78 is 0. The van der Waals surface area contributed by atoms with Crippen LogP contribution in [0.5, 0.6) is 0 Å². The van der Waals surface area contributed by atoms with Crippen LogP contribution in [-0.4, -0.2) is 60.6 Å². The molecule has 316 valence electrons. The quantitative estimate of drug-likeness (QED) is 0.0796. The Morgan fingerprint density at radius 3 is 1.37 bits per heavy atom. The Hall–Kier alpha value is -1.56. The molecule has 2 atom stereocenters. The molecule has 0 aromatic heterocycles. The summed E-state index contributed by atoms with van der Waals surface area (Å²) in [5, 5.41) is 3.49. The van der Waals surface area contributed by atoms with Crippen molar-refractivity contribution in [2.45, 2.75) is 163 Å². The molecule has 0 saturated heterocycles. The predicted molar refractivity (Wildman–Crippen MR) is 249 cm³/mol. The monoisotopic (exact) mass is 844 g/mol. The topological polar surface area (TPSA) is 6.48 Å². The molecule has 4 aromatic carbocycles. The standard InChI is InChI=1S/2C26H37NP.Fe/c2*1-27(2)26(21-13-6-3-7-14-21)24-19-12-20-25(24)28(22-15-8-4-9-16-22)23-17-10-5-11-18-23;/h2*3,6-7,12-14,19-20,22-23,26H,4-5,8-11,15-18H2,1-2H3;/q-5;-1;/t2*26-;/m11./s1. The van der Waals surface area contributed by atoms with E-state index in [4.69, 9.17) is 0 Å². The first kappa shape index (κ1) is 45.0. The maximum Gasteiger partial charge on any atom is 0.0150 e. The van der Waals surface area contributed by atoms with Gasteiger partial charge in [-0.25, -0.2) is 12.1 Å². The smallest absolute Gasteiger partial charge is 0.0150 e. The molecule has 2 nitrogen and oxygen atoms in total. The molecule has 0 unspecified atom stereocenters. The fraction of sp³-hybridized carbons (Fsp3) is 0.577. The van der Waals surface area contributed by atoms with E-state index >= 15 is 0 Å². The molecule has 4 aromatic rings. The Kier molecular flexibility index (Phi) is 18.1. The number of rotatable bonds is 12. The Morgan fingerprint density at radius 2 is 0.930 bits per heavy atom. The fourth-order valence-corrected chi connectivity index (χ4v) is 19.3. The molecular formula is C52H74FeN2P2-6. The van der Waals surface area contributed by atoms with Crippen molar-refractivity contribution >= 4 is 26.5 Å². The van der Waals surface area contributed by atoms with Gasteiger partial charge in [0.25, 0.3) is 0 Å². The molecule has 0 spiro atoms. The average molecular weight is 845 g/mol. The Bertz CT molecular complexity index is 1510. The van der Waals surface area contributed by atoms with Gasteiger partial charge in [0, 0.05) is 23.1 Å². The van der Waals surface area contributed by atoms with E-state index in [9.17, 15) is 0 Å². The fourth-order valence-electron chi connectivity index (χ4n) is 11.4. The Balaban J connectivity index is 0.000000189. The summed E-state index contributed by atoms with van der Waals surface area (Å²) in [7, 11) is 8.89. The molecular weight excluding hydrogens is 770 g/mol. The molecule has 0 amide bonds. The third-order valence-electron chi connectivity index (χ3n) is 13.9. The molecule has 5 heteroatoms.